The number of ether oxygens (including phenoxy) is 2. The largest absolute Gasteiger partial charge is 0.497 e. The molecule has 3 unspecified atom stereocenters. The maximum atomic E-state index is 9.21. The lowest BCUT2D eigenvalue weighted by Crippen LogP contribution is -2.39. The van der Waals surface area contributed by atoms with E-state index in [1.807, 2.05) is 32.0 Å². The van der Waals surface area contributed by atoms with Crippen LogP contribution in [0.15, 0.2) is 18.2 Å². The molecule has 20 heavy (non-hydrogen) atoms. The first-order valence-corrected chi connectivity index (χ1v) is 6.85. The molecule has 0 bridgehead atoms. The van der Waals surface area contributed by atoms with Crippen molar-refractivity contribution in [2.75, 3.05) is 27.4 Å². The lowest BCUT2D eigenvalue weighted by atomic mass is 10.0. The van der Waals surface area contributed by atoms with Gasteiger partial charge in [-0.05, 0) is 30.5 Å². The predicted octanol–water partition coefficient (Wildman–Crippen LogP) is 1.31. The predicted molar refractivity (Wildman–Crippen MR) is 80.2 cm³/mol. The number of aliphatic hydroxyl groups excluding tert-OH is 1. The number of nitrogens with two attached hydrogens (primary N) is 1. The van der Waals surface area contributed by atoms with Gasteiger partial charge in [-0.1, -0.05) is 6.92 Å². The molecule has 114 valence electrons. The van der Waals surface area contributed by atoms with E-state index < -0.39 is 0 Å². The van der Waals surface area contributed by atoms with Gasteiger partial charge in [-0.25, -0.2) is 0 Å². The summed E-state index contributed by atoms with van der Waals surface area (Å²) in [6, 6.07) is 5.87. The second kappa shape index (κ2) is 8.09. The molecule has 0 aliphatic rings. The van der Waals surface area contributed by atoms with Crippen LogP contribution in [0.25, 0.3) is 0 Å². The highest BCUT2D eigenvalue weighted by atomic mass is 16.5. The highest BCUT2D eigenvalue weighted by molar-refractivity contribution is 5.40. The van der Waals surface area contributed by atoms with E-state index >= 15 is 0 Å². The molecule has 0 heterocycles. The molecule has 0 aliphatic carbocycles. The summed E-state index contributed by atoms with van der Waals surface area (Å²) < 4.78 is 10.6. The van der Waals surface area contributed by atoms with Gasteiger partial charge in [-0.2, -0.15) is 0 Å². The molecule has 1 aromatic rings. The minimum Gasteiger partial charge on any atom is -0.497 e. The third-order valence-electron chi connectivity index (χ3n) is 3.62. The number of benzene rings is 1. The summed E-state index contributed by atoms with van der Waals surface area (Å²) in [6.07, 6.45) is 0. The second-order valence-electron chi connectivity index (χ2n) is 5.05. The van der Waals surface area contributed by atoms with Crippen molar-refractivity contribution in [1.29, 1.82) is 0 Å². The van der Waals surface area contributed by atoms with Gasteiger partial charge in [-0.15, -0.1) is 0 Å². The van der Waals surface area contributed by atoms with Gasteiger partial charge in [0.15, 0.2) is 0 Å². The number of methoxy groups -OCH3 is 2. The van der Waals surface area contributed by atoms with Crippen LogP contribution in [-0.2, 0) is 0 Å². The smallest absolute Gasteiger partial charge is 0.122 e. The van der Waals surface area contributed by atoms with Crippen LogP contribution in [0.1, 0.15) is 25.5 Å². The Bertz CT molecular complexity index is 390. The summed E-state index contributed by atoms with van der Waals surface area (Å²) in [5.74, 6) is 1.64. The molecule has 1 rings (SSSR count). The van der Waals surface area contributed by atoms with Crippen molar-refractivity contribution in [3.8, 4) is 11.5 Å². The minimum absolute atomic E-state index is 0.0111. The topological polar surface area (TPSA) is 76.7 Å². The zero-order valence-corrected chi connectivity index (χ0v) is 12.7. The van der Waals surface area contributed by atoms with Crippen molar-refractivity contribution in [2.24, 2.45) is 11.7 Å². The van der Waals surface area contributed by atoms with Crippen molar-refractivity contribution in [3.63, 3.8) is 0 Å². The van der Waals surface area contributed by atoms with Crippen molar-refractivity contribution < 1.29 is 14.6 Å². The summed E-state index contributed by atoms with van der Waals surface area (Å²) in [6.45, 7) is 4.64. The van der Waals surface area contributed by atoms with E-state index in [9.17, 15) is 5.11 Å². The van der Waals surface area contributed by atoms with Gasteiger partial charge in [0.2, 0.25) is 0 Å². The quantitative estimate of drug-likeness (QED) is 0.670. The van der Waals surface area contributed by atoms with Crippen LogP contribution < -0.4 is 20.5 Å². The Hall–Kier alpha value is -1.30. The molecule has 5 nitrogen and oxygen atoms in total. The monoisotopic (exact) mass is 282 g/mol. The third kappa shape index (κ3) is 4.37. The number of hydrogen-bond acceptors (Lipinski definition) is 5. The zero-order valence-electron chi connectivity index (χ0n) is 12.7. The number of aliphatic hydroxyl groups is 1. The van der Waals surface area contributed by atoms with Crippen LogP contribution in [-0.4, -0.2) is 38.5 Å². The van der Waals surface area contributed by atoms with Gasteiger partial charge in [0.25, 0.3) is 0 Å². The molecule has 4 N–H and O–H groups in total. The molecular weight excluding hydrogens is 256 g/mol. The lowest BCUT2D eigenvalue weighted by Gasteiger charge is -2.26. The Kier molecular flexibility index (Phi) is 6.78. The molecule has 0 aliphatic heterocycles. The molecule has 1 aromatic carbocycles. The van der Waals surface area contributed by atoms with Gasteiger partial charge in [0.1, 0.15) is 11.5 Å². The molecule has 3 atom stereocenters. The fourth-order valence-electron chi connectivity index (χ4n) is 1.97. The molecule has 0 aromatic heterocycles. The Balaban J connectivity index is 2.93. The molecule has 0 fully saturated rings. The zero-order chi connectivity index (χ0) is 15.1. The van der Waals surface area contributed by atoms with Crippen LogP contribution >= 0.6 is 0 Å². The van der Waals surface area contributed by atoms with Crippen LogP contribution in [0.4, 0.5) is 0 Å². The normalized spacial score (nSPS) is 15.5. The summed E-state index contributed by atoms with van der Waals surface area (Å²) >= 11 is 0. The van der Waals surface area contributed by atoms with Crippen molar-refractivity contribution in [3.05, 3.63) is 23.8 Å². The standard InChI is InChI=1S/C15H26N2O3/c1-10(9-18)11(2)17-15(8-16)12-5-13(19-3)7-14(6-12)20-4/h5-7,10-11,15,17-18H,8-9,16H2,1-4H3. The molecule has 5 heteroatoms. The summed E-state index contributed by atoms with van der Waals surface area (Å²) in [5, 5.41) is 12.7. The van der Waals surface area contributed by atoms with E-state index in [1.165, 1.54) is 0 Å². The number of hydrogen-bond donors (Lipinski definition) is 3. The fourth-order valence-corrected chi connectivity index (χ4v) is 1.97. The van der Waals surface area contributed by atoms with Gasteiger partial charge in [0, 0.05) is 31.3 Å². The SMILES string of the molecule is COc1cc(OC)cc(C(CN)NC(C)C(C)CO)c1. The Morgan fingerprint density at radius 1 is 1.15 bits per heavy atom. The molecule has 0 saturated carbocycles. The number of nitrogens with one attached hydrogen (secondary N) is 1. The first-order valence-electron chi connectivity index (χ1n) is 6.85. The average molecular weight is 282 g/mol. The minimum atomic E-state index is -0.0111. The molecular formula is C15H26N2O3. The first kappa shape index (κ1) is 16.8. The van der Waals surface area contributed by atoms with E-state index in [0.29, 0.717) is 6.54 Å². The lowest BCUT2D eigenvalue weighted by molar-refractivity contribution is 0.201. The molecule has 0 saturated heterocycles. The van der Waals surface area contributed by atoms with E-state index in [2.05, 4.69) is 5.32 Å². The Morgan fingerprint density at radius 3 is 2.10 bits per heavy atom. The maximum Gasteiger partial charge on any atom is 0.122 e. The number of rotatable bonds is 8. The Morgan fingerprint density at radius 2 is 1.70 bits per heavy atom. The van der Waals surface area contributed by atoms with Crippen LogP contribution in [0.2, 0.25) is 0 Å². The van der Waals surface area contributed by atoms with Gasteiger partial charge >= 0.3 is 0 Å². The summed E-state index contributed by atoms with van der Waals surface area (Å²) in [7, 11) is 3.25. The highest BCUT2D eigenvalue weighted by Crippen LogP contribution is 2.26. The van der Waals surface area contributed by atoms with Crippen molar-refractivity contribution >= 4 is 0 Å². The third-order valence-corrected chi connectivity index (χ3v) is 3.62. The first-order chi connectivity index (χ1) is 9.55. The molecule has 0 amide bonds. The summed E-state index contributed by atoms with van der Waals surface area (Å²) in [4.78, 5) is 0. The second-order valence-corrected chi connectivity index (χ2v) is 5.05. The fraction of sp³-hybridized carbons (Fsp3) is 0.600. The van der Waals surface area contributed by atoms with Gasteiger partial charge in [0.05, 0.1) is 14.2 Å². The van der Waals surface area contributed by atoms with Gasteiger partial charge in [-0.3, -0.25) is 0 Å². The van der Waals surface area contributed by atoms with E-state index in [1.54, 1.807) is 14.2 Å². The van der Waals surface area contributed by atoms with E-state index in [4.69, 9.17) is 15.2 Å². The van der Waals surface area contributed by atoms with Crippen LogP contribution in [0.3, 0.4) is 0 Å². The highest BCUT2D eigenvalue weighted by Gasteiger charge is 2.18. The summed E-state index contributed by atoms with van der Waals surface area (Å²) in [5.41, 5.74) is 6.89. The van der Waals surface area contributed by atoms with Crippen LogP contribution in [0, 0.1) is 5.92 Å². The van der Waals surface area contributed by atoms with Crippen molar-refractivity contribution in [1.82, 2.24) is 5.32 Å². The van der Waals surface area contributed by atoms with Crippen molar-refractivity contribution in [2.45, 2.75) is 25.9 Å². The molecule has 0 radical (unpaired) electrons. The molecule has 0 spiro atoms. The van der Waals surface area contributed by atoms with Crippen LogP contribution in [0.5, 0.6) is 11.5 Å². The Labute approximate surface area is 121 Å². The average Bonchev–Trinajstić information content (AvgIpc) is 2.50. The van der Waals surface area contributed by atoms with Gasteiger partial charge < -0.3 is 25.6 Å². The van der Waals surface area contributed by atoms with E-state index in [0.717, 1.165) is 17.1 Å². The van der Waals surface area contributed by atoms with E-state index in [-0.39, 0.29) is 24.6 Å². The maximum absolute atomic E-state index is 9.21.